The zero-order valence-electron chi connectivity index (χ0n) is 14.0. The lowest BCUT2D eigenvalue weighted by Crippen LogP contribution is -2.20. The Hall–Kier alpha value is -3.02. The van der Waals surface area contributed by atoms with Crippen molar-refractivity contribution in [1.82, 2.24) is 0 Å². The Morgan fingerprint density at radius 2 is 1.48 bits per heavy atom. The number of rotatable bonds is 7. The Labute approximate surface area is 146 Å². The van der Waals surface area contributed by atoms with E-state index in [1.54, 1.807) is 55.6 Å². The third-order valence-corrected chi connectivity index (χ3v) is 3.81. The van der Waals surface area contributed by atoms with Crippen molar-refractivity contribution in [2.24, 2.45) is 5.92 Å². The maximum absolute atomic E-state index is 11.9. The molecular weight excluding hydrogens is 320 g/mol. The predicted octanol–water partition coefficient (Wildman–Crippen LogP) is 3.06. The van der Waals surface area contributed by atoms with Crippen molar-refractivity contribution in [3.63, 3.8) is 0 Å². The normalized spacial score (nSPS) is 13.0. The Morgan fingerprint density at radius 3 is 2.04 bits per heavy atom. The number of ether oxygens (including phenoxy) is 2. The maximum atomic E-state index is 11.9. The van der Waals surface area contributed by atoms with Gasteiger partial charge in [0.2, 0.25) is 5.91 Å². The lowest BCUT2D eigenvalue weighted by atomic mass is 10.3. The predicted molar refractivity (Wildman–Crippen MR) is 94.9 cm³/mol. The second kappa shape index (κ2) is 7.70. The summed E-state index contributed by atoms with van der Waals surface area (Å²) in [4.78, 5) is 23.6. The Balaban J connectivity index is 1.45. The fraction of sp³-hybridized carbons (Fsp3) is 0.263. The summed E-state index contributed by atoms with van der Waals surface area (Å²) in [6.45, 7) is -0.0974. The van der Waals surface area contributed by atoms with E-state index in [0.717, 1.165) is 24.3 Å². The second-order valence-electron chi connectivity index (χ2n) is 5.85. The molecule has 0 saturated heterocycles. The average Bonchev–Trinajstić information content (AvgIpc) is 3.47. The third kappa shape index (κ3) is 4.97. The van der Waals surface area contributed by atoms with Crippen LogP contribution in [0.2, 0.25) is 0 Å². The quantitative estimate of drug-likeness (QED) is 0.812. The highest BCUT2D eigenvalue weighted by Gasteiger charge is 2.29. The van der Waals surface area contributed by atoms with Crippen molar-refractivity contribution >= 4 is 23.2 Å². The summed E-state index contributed by atoms with van der Waals surface area (Å²) in [6.07, 6.45) is 1.94. The van der Waals surface area contributed by atoms with E-state index in [0.29, 0.717) is 11.4 Å². The van der Waals surface area contributed by atoms with Crippen LogP contribution in [0, 0.1) is 5.92 Å². The molecule has 2 aromatic carbocycles. The van der Waals surface area contributed by atoms with Gasteiger partial charge in [0, 0.05) is 17.3 Å². The van der Waals surface area contributed by atoms with Gasteiger partial charge in [-0.3, -0.25) is 9.59 Å². The molecule has 130 valence electrons. The highest BCUT2D eigenvalue weighted by Crippen LogP contribution is 2.30. The SMILES string of the molecule is COc1ccc(NC(=O)COc2ccc(NC(=O)C3CC3)cc2)cc1. The molecule has 0 unspecified atom stereocenters. The molecule has 1 aliphatic rings. The number of hydrogen-bond acceptors (Lipinski definition) is 4. The highest BCUT2D eigenvalue weighted by atomic mass is 16.5. The van der Waals surface area contributed by atoms with Gasteiger partial charge in [-0.05, 0) is 61.4 Å². The van der Waals surface area contributed by atoms with Gasteiger partial charge in [0.1, 0.15) is 11.5 Å². The Kier molecular flexibility index (Phi) is 5.18. The molecule has 1 aliphatic carbocycles. The number of benzene rings is 2. The summed E-state index contributed by atoms with van der Waals surface area (Å²) >= 11 is 0. The molecule has 25 heavy (non-hydrogen) atoms. The van der Waals surface area contributed by atoms with Crippen LogP contribution in [0.25, 0.3) is 0 Å². The standard InChI is InChI=1S/C19H20N2O4/c1-24-16-8-4-14(5-9-16)20-18(22)12-25-17-10-6-15(7-11-17)21-19(23)13-2-3-13/h4-11,13H,2-3,12H2,1H3,(H,20,22)(H,21,23). The fourth-order valence-electron chi connectivity index (χ4n) is 2.24. The maximum Gasteiger partial charge on any atom is 0.262 e. The van der Waals surface area contributed by atoms with E-state index >= 15 is 0 Å². The molecule has 0 aromatic heterocycles. The lowest BCUT2D eigenvalue weighted by molar-refractivity contribution is -0.118. The van der Waals surface area contributed by atoms with Crippen LogP contribution in [0.1, 0.15) is 12.8 Å². The highest BCUT2D eigenvalue weighted by molar-refractivity contribution is 5.94. The summed E-state index contributed by atoms with van der Waals surface area (Å²) in [5, 5.41) is 5.60. The molecule has 0 bridgehead atoms. The molecule has 6 nitrogen and oxygen atoms in total. The minimum Gasteiger partial charge on any atom is -0.497 e. The van der Waals surface area contributed by atoms with Crippen LogP contribution in [-0.4, -0.2) is 25.5 Å². The van der Waals surface area contributed by atoms with Gasteiger partial charge in [-0.15, -0.1) is 0 Å². The van der Waals surface area contributed by atoms with Crippen LogP contribution in [0.3, 0.4) is 0 Å². The first-order valence-corrected chi connectivity index (χ1v) is 8.11. The number of amides is 2. The first-order valence-electron chi connectivity index (χ1n) is 8.11. The first-order chi connectivity index (χ1) is 12.1. The molecule has 0 heterocycles. The number of nitrogens with one attached hydrogen (secondary N) is 2. The summed E-state index contributed by atoms with van der Waals surface area (Å²) in [5.74, 6) is 1.26. The van der Waals surface area contributed by atoms with E-state index in [1.807, 2.05) is 0 Å². The van der Waals surface area contributed by atoms with E-state index < -0.39 is 0 Å². The minimum atomic E-state index is -0.253. The molecule has 1 fully saturated rings. The number of anilines is 2. The summed E-state index contributed by atoms with van der Waals surface area (Å²) in [7, 11) is 1.59. The van der Waals surface area contributed by atoms with Crippen molar-refractivity contribution in [3.8, 4) is 11.5 Å². The van der Waals surface area contributed by atoms with Gasteiger partial charge in [0.05, 0.1) is 7.11 Å². The van der Waals surface area contributed by atoms with E-state index in [9.17, 15) is 9.59 Å². The summed E-state index contributed by atoms with van der Waals surface area (Å²) < 4.78 is 10.5. The molecule has 2 amide bonds. The van der Waals surface area contributed by atoms with Crippen molar-refractivity contribution in [2.75, 3.05) is 24.4 Å². The second-order valence-corrected chi connectivity index (χ2v) is 5.85. The number of hydrogen-bond donors (Lipinski definition) is 2. The number of methoxy groups -OCH3 is 1. The first kappa shape index (κ1) is 16.8. The van der Waals surface area contributed by atoms with Crippen LogP contribution in [0.5, 0.6) is 11.5 Å². The van der Waals surface area contributed by atoms with Gasteiger partial charge >= 0.3 is 0 Å². The molecule has 1 saturated carbocycles. The molecule has 0 atom stereocenters. The Bertz CT molecular complexity index is 737. The Morgan fingerprint density at radius 1 is 0.920 bits per heavy atom. The summed E-state index contributed by atoms with van der Waals surface area (Å²) in [6, 6.07) is 14.0. The van der Waals surface area contributed by atoms with E-state index in [1.165, 1.54) is 0 Å². The zero-order valence-corrected chi connectivity index (χ0v) is 14.0. The topological polar surface area (TPSA) is 76.7 Å². The van der Waals surface area contributed by atoms with Gasteiger partial charge < -0.3 is 20.1 Å². The number of carbonyl (C=O) groups is 2. The average molecular weight is 340 g/mol. The van der Waals surface area contributed by atoms with Gasteiger partial charge in [-0.25, -0.2) is 0 Å². The monoisotopic (exact) mass is 340 g/mol. The molecule has 3 rings (SSSR count). The fourth-order valence-corrected chi connectivity index (χ4v) is 2.24. The van der Waals surface area contributed by atoms with Crippen molar-refractivity contribution < 1.29 is 19.1 Å². The van der Waals surface area contributed by atoms with Crippen molar-refractivity contribution in [3.05, 3.63) is 48.5 Å². The third-order valence-electron chi connectivity index (χ3n) is 3.81. The smallest absolute Gasteiger partial charge is 0.262 e. The molecule has 0 radical (unpaired) electrons. The molecule has 2 aromatic rings. The summed E-state index contributed by atoms with van der Waals surface area (Å²) in [5.41, 5.74) is 1.40. The van der Waals surface area contributed by atoms with Crippen molar-refractivity contribution in [1.29, 1.82) is 0 Å². The van der Waals surface area contributed by atoms with Crippen LogP contribution in [0.4, 0.5) is 11.4 Å². The largest absolute Gasteiger partial charge is 0.497 e. The van der Waals surface area contributed by atoms with Crippen LogP contribution >= 0.6 is 0 Å². The van der Waals surface area contributed by atoms with Gasteiger partial charge in [-0.1, -0.05) is 0 Å². The molecule has 0 spiro atoms. The molecule has 0 aliphatic heterocycles. The van der Waals surface area contributed by atoms with Gasteiger partial charge in [-0.2, -0.15) is 0 Å². The van der Waals surface area contributed by atoms with E-state index in [4.69, 9.17) is 9.47 Å². The van der Waals surface area contributed by atoms with Gasteiger partial charge in [0.25, 0.3) is 5.91 Å². The van der Waals surface area contributed by atoms with E-state index in [2.05, 4.69) is 10.6 Å². The minimum absolute atomic E-state index is 0.0625. The lowest BCUT2D eigenvalue weighted by Gasteiger charge is -2.09. The van der Waals surface area contributed by atoms with Crippen LogP contribution < -0.4 is 20.1 Å². The molecule has 2 N–H and O–H groups in total. The number of carbonyl (C=O) groups excluding carboxylic acids is 2. The molecule has 6 heteroatoms. The van der Waals surface area contributed by atoms with Crippen LogP contribution in [-0.2, 0) is 9.59 Å². The van der Waals surface area contributed by atoms with E-state index in [-0.39, 0.29) is 24.3 Å². The zero-order chi connectivity index (χ0) is 17.6. The van der Waals surface area contributed by atoms with Crippen molar-refractivity contribution in [2.45, 2.75) is 12.8 Å². The van der Waals surface area contributed by atoms with Gasteiger partial charge in [0.15, 0.2) is 6.61 Å². The molecular formula is C19H20N2O4. The van der Waals surface area contributed by atoms with Crippen LogP contribution in [0.15, 0.2) is 48.5 Å².